The predicted octanol–water partition coefficient (Wildman–Crippen LogP) is 4.96. The monoisotopic (exact) mass is 434 g/mol. The molecule has 1 heterocycles. The fourth-order valence-corrected chi connectivity index (χ4v) is 3.05. The summed E-state index contributed by atoms with van der Waals surface area (Å²) in [4.78, 5) is 4.44. The lowest BCUT2D eigenvalue weighted by Gasteiger charge is -2.13. The number of anilines is 1. The predicted molar refractivity (Wildman–Crippen MR) is 105 cm³/mol. The first-order chi connectivity index (χ1) is 13.0. The summed E-state index contributed by atoms with van der Waals surface area (Å²) < 4.78 is 29.3. The third-order valence-electron chi connectivity index (χ3n) is 3.95. The minimum absolute atomic E-state index is 0.00170. The van der Waals surface area contributed by atoms with Crippen molar-refractivity contribution < 1.29 is 19.0 Å². The van der Waals surface area contributed by atoms with Gasteiger partial charge in [-0.05, 0) is 54.4 Å². The molecule has 7 heteroatoms. The van der Waals surface area contributed by atoms with Gasteiger partial charge in [0.15, 0.2) is 0 Å². The van der Waals surface area contributed by atoms with Crippen LogP contribution < -0.4 is 5.32 Å². The fourth-order valence-electron chi connectivity index (χ4n) is 2.69. The number of phenolic OH excluding ortho intramolecular Hbond substituents is 1. The van der Waals surface area contributed by atoms with E-state index in [1.54, 1.807) is 12.1 Å². The van der Waals surface area contributed by atoms with Crippen molar-refractivity contribution in [1.29, 1.82) is 0 Å². The number of hydrogen-bond acceptors (Lipinski definition) is 4. The molecule has 0 bridgehead atoms. The van der Waals surface area contributed by atoms with E-state index in [0.717, 1.165) is 4.47 Å². The first-order valence-electron chi connectivity index (χ1n) is 8.29. The van der Waals surface area contributed by atoms with Crippen LogP contribution in [0.15, 0.2) is 53.0 Å². The van der Waals surface area contributed by atoms with Gasteiger partial charge in [0.1, 0.15) is 23.2 Å². The van der Waals surface area contributed by atoms with E-state index in [4.69, 9.17) is 5.11 Å². The van der Waals surface area contributed by atoms with E-state index < -0.39 is 11.6 Å². The maximum absolute atomic E-state index is 14.3. The second-order valence-corrected chi connectivity index (χ2v) is 6.80. The van der Waals surface area contributed by atoms with Crippen LogP contribution in [0.25, 0.3) is 22.4 Å². The summed E-state index contributed by atoms with van der Waals surface area (Å²) in [6.07, 6.45) is 0.497. The zero-order chi connectivity index (χ0) is 19.4. The van der Waals surface area contributed by atoms with Gasteiger partial charge in [-0.3, -0.25) is 0 Å². The molecule has 3 rings (SSSR count). The molecule has 0 aliphatic carbocycles. The summed E-state index contributed by atoms with van der Waals surface area (Å²) in [6, 6.07) is 11.6. The Morgan fingerprint density at radius 2 is 1.78 bits per heavy atom. The molecule has 0 fully saturated rings. The van der Waals surface area contributed by atoms with Crippen LogP contribution in [0.5, 0.6) is 5.75 Å². The van der Waals surface area contributed by atoms with Gasteiger partial charge in [-0.15, -0.1) is 0 Å². The molecular weight excluding hydrogens is 418 g/mol. The highest BCUT2D eigenvalue weighted by molar-refractivity contribution is 9.10. The molecule has 0 spiro atoms. The second-order valence-electron chi connectivity index (χ2n) is 5.89. The number of nitrogens with zero attached hydrogens (tertiary/aromatic N) is 1. The topological polar surface area (TPSA) is 65.4 Å². The van der Waals surface area contributed by atoms with Crippen LogP contribution in [0.2, 0.25) is 0 Å². The largest absolute Gasteiger partial charge is 0.507 e. The van der Waals surface area contributed by atoms with E-state index in [1.807, 2.05) is 0 Å². The Bertz CT molecular complexity index is 946. The summed E-state index contributed by atoms with van der Waals surface area (Å²) >= 11 is 3.35. The van der Waals surface area contributed by atoms with Gasteiger partial charge >= 0.3 is 0 Å². The number of rotatable bonds is 6. The van der Waals surface area contributed by atoms with E-state index >= 15 is 0 Å². The fraction of sp³-hybridized carbons (Fsp3) is 0.150. The summed E-state index contributed by atoms with van der Waals surface area (Å²) in [6.45, 7) is 0.449. The SMILES string of the molecule is OCCCNc1cc(-c2c(F)cccc2F)cc(-c2cc(Br)ccc2O)n1. The molecule has 0 radical (unpaired) electrons. The van der Waals surface area contributed by atoms with E-state index in [-0.39, 0.29) is 17.9 Å². The lowest BCUT2D eigenvalue weighted by molar-refractivity contribution is 0.292. The molecule has 3 aromatic rings. The van der Waals surface area contributed by atoms with Crippen LogP contribution in [-0.2, 0) is 0 Å². The maximum Gasteiger partial charge on any atom is 0.133 e. The Balaban J connectivity index is 2.16. The van der Waals surface area contributed by atoms with Gasteiger partial charge < -0.3 is 15.5 Å². The molecule has 0 aliphatic heterocycles. The summed E-state index contributed by atoms with van der Waals surface area (Å²) in [5.41, 5.74) is 0.913. The van der Waals surface area contributed by atoms with Gasteiger partial charge in [0.2, 0.25) is 0 Å². The van der Waals surface area contributed by atoms with Gasteiger partial charge in [0.25, 0.3) is 0 Å². The van der Waals surface area contributed by atoms with E-state index in [1.165, 1.54) is 36.4 Å². The number of benzene rings is 2. The molecule has 0 aliphatic rings. The molecule has 3 N–H and O–H groups in total. The van der Waals surface area contributed by atoms with Gasteiger partial charge in [-0.25, -0.2) is 13.8 Å². The van der Waals surface area contributed by atoms with Crippen LogP contribution in [0.1, 0.15) is 6.42 Å². The molecule has 4 nitrogen and oxygen atoms in total. The molecule has 27 heavy (non-hydrogen) atoms. The standard InChI is InChI=1S/C20H17BrF2N2O2/c21-13-5-6-18(27)14(11-13)17-9-12(10-19(25-17)24-7-2-8-26)20-15(22)3-1-4-16(20)23/h1,3-6,9-11,26-27H,2,7-8H2,(H,24,25). The van der Waals surface area contributed by atoms with Crippen molar-refractivity contribution >= 4 is 21.7 Å². The number of halogens is 3. The molecule has 1 aromatic heterocycles. The van der Waals surface area contributed by atoms with Crippen LogP contribution in [0.3, 0.4) is 0 Å². The molecule has 140 valence electrons. The van der Waals surface area contributed by atoms with E-state index in [9.17, 15) is 13.9 Å². The number of aromatic nitrogens is 1. The average Bonchev–Trinajstić information content (AvgIpc) is 2.64. The lowest BCUT2D eigenvalue weighted by atomic mass is 10.0. The van der Waals surface area contributed by atoms with Crippen molar-refractivity contribution in [3.63, 3.8) is 0 Å². The number of pyridine rings is 1. The van der Waals surface area contributed by atoms with Crippen LogP contribution in [0.4, 0.5) is 14.6 Å². The van der Waals surface area contributed by atoms with Crippen LogP contribution in [0, 0.1) is 11.6 Å². The highest BCUT2D eigenvalue weighted by atomic mass is 79.9. The van der Waals surface area contributed by atoms with Gasteiger partial charge in [0.05, 0.1) is 11.3 Å². The third kappa shape index (κ3) is 4.43. The number of phenols is 1. The molecule has 0 atom stereocenters. The summed E-state index contributed by atoms with van der Waals surface area (Å²) in [7, 11) is 0. The normalized spacial score (nSPS) is 10.8. The Labute approximate surface area is 163 Å². The molecule has 0 amide bonds. The molecule has 2 aromatic carbocycles. The van der Waals surface area contributed by atoms with Crippen molar-refractivity contribution in [2.24, 2.45) is 0 Å². The number of hydrogen-bond donors (Lipinski definition) is 3. The lowest BCUT2D eigenvalue weighted by Crippen LogP contribution is -2.06. The Morgan fingerprint density at radius 1 is 1.04 bits per heavy atom. The van der Waals surface area contributed by atoms with Gasteiger partial charge in [-0.2, -0.15) is 0 Å². The number of nitrogens with one attached hydrogen (secondary N) is 1. The maximum atomic E-state index is 14.3. The minimum atomic E-state index is -0.688. The second kappa shape index (κ2) is 8.45. The van der Waals surface area contributed by atoms with E-state index in [0.29, 0.717) is 35.6 Å². The van der Waals surface area contributed by atoms with E-state index in [2.05, 4.69) is 26.2 Å². The Hall–Kier alpha value is -2.51. The number of aliphatic hydroxyl groups excluding tert-OH is 1. The van der Waals surface area contributed by atoms with Crippen molar-refractivity contribution in [3.05, 3.63) is 64.6 Å². The molecule has 0 saturated heterocycles. The zero-order valence-corrected chi connectivity index (χ0v) is 15.8. The van der Waals surface area contributed by atoms with Crippen molar-refractivity contribution in [2.45, 2.75) is 6.42 Å². The van der Waals surface area contributed by atoms with Gasteiger partial charge in [0, 0.05) is 23.2 Å². The highest BCUT2D eigenvalue weighted by Crippen LogP contribution is 2.35. The van der Waals surface area contributed by atoms with Crippen molar-refractivity contribution in [2.75, 3.05) is 18.5 Å². The summed E-state index contributed by atoms with van der Waals surface area (Å²) in [5.74, 6) is -0.991. The van der Waals surface area contributed by atoms with Crippen molar-refractivity contribution in [3.8, 4) is 28.1 Å². The van der Waals surface area contributed by atoms with Crippen molar-refractivity contribution in [1.82, 2.24) is 4.98 Å². The first-order valence-corrected chi connectivity index (χ1v) is 9.09. The highest BCUT2D eigenvalue weighted by Gasteiger charge is 2.16. The third-order valence-corrected chi connectivity index (χ3v) is 4.45. The first kappa shape index (κ1) is 19.3. The minimum Gasteiger partial charge on any atom is -0.507 e. The smallest absolute Gasteiger partial charge is 0.133 e. The Morgan fingerprint density at radius 3 is 2.48 bits per heavy atom. The quantitative estimate of drug-likeness (QED) is 0.479. The molecular formula is C20H17BrF2N2O2. The molecule has 0 saturated carbocycles. The van der Waals surface area contributed by atoms with Gasteiger partial charge in [-0.1, -0.05) is 22.0 Å². The number of aromatic hydroxyl groups is 1. The van der Waals surface area contributed by atoms with Crippen LogP contribution >= 0.6 is 15.9 Å². The summed E-state index contributed by atoms with van der Waals surface area (Å²) in [5, 5.41) is 22.2. The zero-order valence-electron chi connectivity index (χ0n) is 14.2. The number of aliphatic hydroxyl groups is 1. The average molecular weight is 435 g/mol. The Kier molecular flexibility index (Phi) is 6.03. The molecule has 0 unspecified atom stereocenters. The van der Waals surface area contributed by atoms with Crippen LogP contribution in [-0.4, -0.2) is 28.3 Å².